The number of allylic oxidation sites excluding steroid dienone is 2. The second-order valence-electron chi connectivity index (χ2n) is 11.9. The van der Waals surface area contributed by atoms with E-state index in [1.165, 1.54) is 25.3 Å². The molecular formula is C37H43ClN4O7. The van der Waals surface area contributed by atoms with Crippen LogP contribution in [0.2, 0.25) is 0 Å². The van der Waals surface area contributed by atoms with Crippen molar-refractivity contribution in [1.82, 2.24) is 15.1 Å². The summed E-state index contributed by atoms with van der Waals surface area (Å²) in [5.41, 5.74) is 3.98. The molecule has 0 amide bonds. The average Bonchev–Trinajstić information content (AvgIpc) is 3.11. The van der Waals surface area contributed by atoms with Gasteiger partial charge in [0.05, 0.1) is 35.7 Å². The number of nitro benzene ring substituents is 1. The number of halogens is 1. The van der Waals surface area contributed by atoms with Crippen molar-refractivity contribution in [2.24, 2.45) is 0 Å². The van der Waals surface area contributed by atoms with Gasteiger partial charge in [-0.05, 0) is 30.5 Å². The summed E-state index contributed by atoms with van der Waals surface area (Å²) < 4.78 is 17.2. The predicted octanol–water partition coefficient (Wildman–Crippen LogP) is 5.39. The molecule has 1 fully saturated rings. The molecule has 0 saturated carbocycles. The lowest BCUT2D eigenvalue weighted by molar-refractivity contribution is -0.384. The van der Waals surface area contributed by atoms with Crippen LogP contribution in [0.5, 0.6) is 0 Å². The molecule has 2 aliphatic heterocycles. The number of piperazine rings is 1. The molecule has 1 atom stereocenters. The smallest absolute Gasteiger partial charge is 0.336 e. The van der Waals surface area contributed by atoms with E-state index >= 15 is 0 Å². The number of benzene rings is 3. The number of hydrogen-bond acceptors (Lipinski definition) is 10. The molecule has 0 aliphatic carbocycles. The number of ether oxygens (including phenoxy) is 3. The molecule has 0 bridgehead atoms. The minimum atomic E-state index is -0.889. The van der Waals surface area contributed by atoms with Gasteiger partial charge < -0.3 is 19.5 Å². The first kappa shape index (κ1) is 37.3. The Balaban J connectivity index is 0.00000541. The predicted molar refractivity (Wildman–Crippen MR) is 188 cm³/mol. The summed E-state index contributed by atoms with van der Waals surface area (Å²) in [6, 6.07) is 26.4. The van der Waals surface area contributed by atoms with Gasteiger partial charge in [-0.15, -0.1) is 12.4 Å². The molecule has 0 radical (unpaired) electrons. The quantitative estimate of drug-likeness (QED) is 0.142. The first-order valence-corrected chi connectivity index (χ1v) is 16.1. The molecule has 5 rings (SSSR count). The summed E-state index contributed by atoms with van der Waals surface area (Å²) >= 11 is 0. The molecular weight excluding hydrogens is 648 g/mol. The Morgan fingerprint density at radius 3 is 1.88 bits per heavy atom. The van der Waals surface area contributed by atoms with E-state index in [0.29, 0.717) is 30.1 Å². The van der Waals surface area contributed by atoms with Crippen LogP contribution in [0.1, 0.15) is 42.6 Å². The molecule has 0 aromatic heterocycles. The zero-order valence-corrected chi connectivity index (χ0v) is 28.8. The van der Waals surface area contributed by atoms with Crippen molar-refractivity contribution in [1.29, 1.82) is 0 Å². The third kappa shape index (κ3) is 9.33. The second kappa shape index (κ2) is 17.7. The number of carbonyl (C=O) groups is 2. The molecule has 1 unspecified atom stereocenters. The Labute approximate surface area is 293 Å². The Morgan fingerprint density at radius 1 is 0.816 bits per heavy atom. The molecule has 2 heterocycles. The molecule has 3 aromatic rings. The van der Waals surface area contributed by atoms with Gasteiger partial charge in [-0.2, -0.15) is 0 Å². The van der Waals surface area contributed by atoms with Crippen LogP contribution >= 0.6 is 12.4 Å². The fourth-order valence-corrected chi connectivity index (χ4v) is 6.32. The summed E-state index contributed by atoms with van der Waals surface area (Å²) in [6.07, 6.45) is -0.124. The maximum atomic E-state index is 13.6. The van der Waals surface area contributed by atoms with Gasteiger partial charge in [0.2, 0.25) is 0 Å². The number of nitrogens with one attached hydrogen (secondary N) is 1. The molecule has 11 nitrogen and oxygen atoms in total. The van der Waals surface area contributed by atoms with Crippen LogP contribution in [0.25, 0.3) is 0 Å². The van der Waals surface area contributed by atoms with E-state index in [0.717, 1.165) is 43.9 Å². The molecule has 1 N–H and O–H groups in total. The van der Waals surface area contributed by atoms with Crippen molar-refractivity contribution in [3.63, 3.8) is 0 Å². The van der Waals surface area contributed by atoms with Crippen molar-refractivity contribution < 1.29 is 28.7 Å². The molecule has 49 heavy (non-hydrogen) atoms. The van der Waals surface area contributed by atoms with Crippen LogP contribution < -0.4 is 5.32 Å². The zero-order valence-electron chi connectivity index (χ0n) is 28.0. The van der Waals surface area contributed by atoms with Crippen LogP contribution in [-0.2, 0) is 23.8 Å². The Hall–Kier alpha value is -4.55. The summed E-state index contributed by atoms with van der Waals surface area (Å²) in [5.74, 6) is -2.11. The Morgan fingerprint density at radius 2 is 1.35 bits per heavy atom. The molecule has 1 saturated heterocycles. The van der Waals surface area contributed by atoms with Crippen molar-refractivity contribution in [3.05, 3.63) is 134 Å². The number of non-ortho nitro benzene ring substituents is 1. The molecule has 12 heteroatoms. The van der Waals surface area contributed by atoms with E-state index < -0.39 is 22.8 Å². The second-order valence-corrected chi connectivity index (χ2v) is 11.9. The zero-order chi connectivity index (χ0) is 34.0. The third-order valence-corrected chi connectivity index (χ3v) is 8.80. The van der Waals surface area contributed by atoms with Crippen molar-refractivity contribution in [3.8, 4) is 0 Å². The number of carbonyl (C=O) groups excluding carboxylic acids is 2. The van der Waals surface area contributed by atoms with Crippen LogP contribution in [0.4, 0.5) is 5.69 Å². The first-order valence-electron chi connectivity index (χ1n) is 16.1. The Bertz CT molecular complexity index is 1620. The molecule has 0 spiro atoms. The van der Waals surface area contributed by atoms with Crippen LogP contribution in [0.3, 0.4) is 0 Å². The standard InChI is InChI=1S/C37H42N4O7.ClH/c1-26-32(36(42)46-3)34(30-15-10-16-31(25-30)41(44)45)33(27(2)38-26)37(43)48-24-22-40-19-17-39(18-20-40)21-23-47-35(28-11-6-4-7-12-28)29-13-8-5-9-14-29;/h4-16,25,34-35,38H,17-24H2,1-3H3;1H. The summed E-state index contributed by atoms with van der Waals surface area (Å²) in [6.45, 7) is 8.95. The van der Waals surface area contributed by atoms with Gasteiger partial charge in [-0.3, -0.25) is 19.9 Å². The normalized spacial score (nSPS) is 16.9. The average molecular weight is 691 g/mol. The number of nitrogens with zero attached hydrogens (tertiary/aromatic N) is 3. The number of dihydropyridines is 1. The van der Waals surface area contributed by atoms with Crippen molar-refractivity contribution in [2.75, 3.05) is 59.6 Å². The fourth-order valence-electron chi connectivity index (χ4n) is 6.32. The number of rotatable bonds is 13. The van der Waals surface area contributed by atoms with E-state index in [1.807, 2.05) is 36.4 Å². The highest BCUT2D eigenvalue weighted by Crippen LogP contribution is 2.40. The fraction of sp³-hybridized carbons (Fsp3) is 0.351. The summed E-state index contributed by atoms with van der Waals surface area (Å²) in [4.78, 5) is 42.1. The van der Waals surface area contributed by atoms with Gasteiger partial charge in [0, 0.05) is 62.8 Å². The van der Waals surface area contributed by atoms with Crippen molar-refractivity contribution >= 4 is 30.0 Å². The SMILES string of the molecule is COC(=O)C1=C(C)NC(C)=C(C(=O)OCCN2CCN(CCOC(c3ccccc3)c3ccccc3)CC2)C1c1cccc([N+](=O)[O-])c1.Cl. The molecule has 3 aromatic carbocycles. The monoisotopic (exact) mass is 690 g/mol. The van der Waals surface area contributed by atoms with Gasteiger partial charge in [0.15, 0.2) is 0 Å². The van der Waals surface area contributed by atoms with E-state index in [9.17, 15) is 19.7 Å². The van der Waals surface area contributed by atoms with Crippen LogP contribution in [0, 0.1) is 10.1 Å². The lowest BCUT2D eigenvalue weighted by Gasteiger charge is -2.35. The van der Waals surface area contributed by atoms with Crippen LogP contribution in [-0.4, -0.2) is 86.3 Å². The van der Waals surface area contributed by atoms with E-state index in [2.05, 4.69) is 39.4 Å². The summed E-state index contributed by atoms with van der Waals surface area (Å²) in [5, 5.41) is 14.6. The largest absolute Gasteiger partial charge is 0.466 e. The lowest BCUT2D eigenvalue weighted by atomic mass is 9.80. The highest BCUT2D eigenvalue weighted by molar-refractivity contribution is 5.99. The van der Waals surface area contributed by atoms with Gasteiger partial charge in [-0.25, -0.2) is 9.59 Å². The number of nitro groups is 1. The molecule has 260 valence electrons. The van der Waals surface area contributed by atoms with Gasteiger partial charge in [0.25, 0.3) is 5.69 Å². The minimum absolute atomic E-state index is 0. The first-order chi connectivity index (χ1) is 23.3. The van der Waals surface area contributed by atoms with E-state index in [1.54, 1.807) is 19.9 Å². The van der Waals surface area contributed by atoms with Gasteiger partial charge in [-0.1, -0.05) is 72.8 Å². The van der Waals surface area contributed by atoms with E-state index in [4.69, 9.17) is 14.2 Å². The number of methoxy groups -OCH3 is 1. The number of hydrogen-bond donors (Lipinski definition) is 1. The van der Waals surface area contributed by atoms with Crippen LogP contribution in [0.15, 0.2) is 107 Å². The van der Waals surface area contributed by atoms with Crippen molar-refractivity contribution in [2.45, 2.75) is 25.9 Å². The highest BCUT2D eigenvalue weighted by atomic mass is 35.5. The van der Waals surface area contributed by atoms with E-state index in [-0.39, 0.29) is 42.0 Å². The highest BCUT2D eigenvalue weighted by Gasteiger charge is 2.38. The molecule has 2 aliphatic rings. The lowest BCUT2D eigenvalue weighted by Crippen LogP contribution is -2.48. The maximum Gasteiger partial charge on any atom is 0.336 e. The topological polar surface area (TPSA) is 123 Å². The maximum absolute atomic E-state index is 13.6. The minimum Gasteiger partial charge on any atom is -0.466 e. The third-order valence-electron chi connectivity index (χ3n) is 8.80. The Kier molecular flexibility index (Phi) is 13.5. The van der Waals surface area contributed by atoms with Gasteiger partial charge >= 0.3 is 11.9 Å². The number of esters is 2. The summed E-state index contributed by atoms with van der Waals surface area (Å²) in [7, 11) is 1.26. The van der Waals surface area contributed by atoms with Gasteiger partial charge in [0.1, 0.15) is 12.7 Å².